The van der Waals surface area contributed by atoms with Crippen molar-refractivity contribution in [2.45, 2.75) is 19.3 Å². The van der Waals surface area contributed by atoms with E-state index in [0.717, 1.165) is 6.29 Å². The van der Waals surface area contributed by atoms with Crippen LogP contribution in [0.5, 0.6) is 0 Å². The van der Waals surface area contributed by atoms with Crippen LogP contribution in [-0.4, -0.2) is 6.29 Å². The molecule has 0 fully saturated rings. The summed E-state index contributed by atoms with van der Waals surface area (Å²) in [7, 11) is 0. The van der Waals surface area contributed by atoms with E-state index in [1.54, 1.807) is 12.1 Å². The second-order valence-corrected chi connectivity index (χ2v) is 3.88. The van der Waals surface area contributed by atoms with Crippen LogP contribution in [0.4, 0.5) is 4.39 Å². The molecule has 0 aliphatic heterocycles. The number of carbonyl (C=O) groups excluding carboxylic acids is 1. The van der Waals surface area contributed by atoms with Gasteiger partial charge >= 0.3 is 0 Å². The Labute approximate surface area is 85.1 Å². The quantitative estimate of drug-likeness (QED) is 0.747. The van der Waals surface area contributed by atoms with Crippen LogP contribution >= 0.6 is 15.9 Å². The molecule has 0 heterocycles. The summed E-state index contributed by atoms with van der Waals surface area (Å²) >= 11 is 3.17. The Bertz CT molecular complexity index is 312. The number of carbonyl (C=O) groups is 1. The first-order valence-corrected chi connectivity index (χ1v) is 4.83. The van der Waals surface area contributed by atoms with E-state index in [1.807, 2.05) is 6.92 Å². The molecule has 0 aliphatic carbocycles. The summed E-state index contributed by atoms with van der Waals surface area (Å²) in [4.78, 5) is 10.2. The predicted octanol–water partition coefficient (Wildman–Crippen LogP) is 3.28. The Morgan fingerprint density at radius 3 is 2.85 bits per heavy atom. The Morgan fingerprint density at radius 1 is 1.62 bits per heavy atom. The van der Waals surface area contributed by atoms with Gasteiger partial charge in [0.25, 0.3) is 0 Å². The van der Waals surface area contributed by atoms with Crippen LogP contribution in [0.25, 0.3) is 0 Å². The van der Waals surface area contributed by atoms with Gasteiger partial charge in [0.15, 0.2) is 0 Å². The first kappa shape index (κ1) is 10.4. The van der Waals surface area contributed by atoms with Crippen molar-refractivity contribution in [3.05, 3.63) is 34.1 Å². The van der Waals surface area contributed by atoms with Crippen molar-refractivity contribution in [3.8, 4) is 0 Å². The Morgan fingerprint density at radius 2 is 2.31 bits per heavy atom. The molecule has 0 aliphatic rings. The van der Waals surface area contributed by atoms with E-state index in [9.17, 15) is 9.18 Å². The molecule has 0 amide bonds. The van der Waals surface area contributed by atoms with Gasteiger partial charge in [0, 0.05) is 10.9 Å². The molecule has 0 N–H and O–H groups in total. The van der Waals surface area contributed by atoms with Crippen LogP contribution < -0.4 is 0 Å². The fourth-order valence-corrected chi connectivity index (χ4v) is 1.51. The Hall–Kier alpha value is -0.700. The molecule has 1 aromatic rings. The van der Waals surface area contributed by atoms with E-state index in [2.05, 4.69) is 15.9 Å². The maximum absolute atomic E-state index is 13.3. The van der Waals surface area contributed by atoms with Crippen molar-refractivity contribution in [1.29, 1.82) is 0 Å². The largest absolute Gasteiger partial charge is 0.303 e. The molecule has 1 rings (SSSR count). The Kier molecular flexibility index (Phi) is 3.60. The zero-order valence-corrected chi connectivity index (χ0v) is 8.84. The molecule has 0 aromatic heterocycles. The monoisotopic (exact) mass is 244 g/mol. The summed E-state index contributed by atoms with van der Waals surface area (Å²) in [6.07, 6.45) is 1.17. The maximum Gasteiger partial charge on any atom is 0.127 e. The molecule has 70 valence electrons. The summed E-state index contributed by atoms with van der Waals surface area (Å²) in [5, 5.41) is 0. The van der Waals surface area contributed by atoms with E-state index in [4.69, 9.17) is 0 Å². The van der Waals surface area contributed by atoms with Crippen LogP contribution in [-0.2, 0) is 4.79 Å². The number of aldehydes is 1. The average molecular weight is 245 g/mol. The molecule has 0 radical (unpaired) electrons. The van der Waals surface area contributed by atoms with E-state index < -0.39 is 0 Å². The molecule has 0 spiro atoms. The molecule has 1 aromatic carbocycles. The van der Waals surface area contributed by atoms with Crippen LogP contribution in [0.15, 0.2) is 22.7 Å². The van der Waals surface area contributed by atoms with Crippen molar-refractivity contribution < 1.29 is 9.18 Å². The lowest BCUT2D eigenvalue weighted by molar-refractivity contribution is -0.108. The highest BCUT2D eigenvalue weighted by molar-refractivity contribution is 9.10. The SMILES string of the molecule is CC(CC=O)c1ccc(Br)cc1F. The maximum atomic E-state index is 13.3. The minimum atomic E-state index is -0.260. The third-order valence-corrected chi connectivity index (χ3v) is 2.44. The second kappa shape index (κ2) is 4.51. The molecular weight excluding hydrogens is 235 g/mol. The summed E-state index contributed by atoms with van der Waals surface area (Å²) in [6, 6.07) is 4.89. The molecule has 13 heavy (non-hydrogen) atoms. The lowest BCUT2D eigenvalue weighted by atomic mass is 9.98. The number of benzene rings is 1. The van der Waals surface area contributed by atoms with Gasteiger partial charge in [0.05, 0.1) is 0 Å². The van der Waals surface area contributed by atoms with Crippen molar-refractivity contribution >= 4 is 22.2 Å². The van der Waals surface area contributed by atoms with E-state index in [1.165, 1.54) is 6.07 Å². The highest BCUT2D eigenvalue weighted by atomic mass is 79.9. The summed E-state index contributed by atoms with van der Waals surface area (Å²) in [6.45, 7) is 1.83. The summed E-state index contributed by atoms with van der Waals surface area (Å²) < 4.78 is 14.0. The first-order valence-electron chi connectivity index (χ1n) is 4.03. The molecular formula is C10H10BrFO. The smallest absolute Gasteiger partial charge is 0.127 e. The minimum absolute atomic E-state index is 0.0504. The lowest BCUT2D eigenvalue weighted by Crippen LogP contribution is -1.97. The topological polar surface area (TPSA) is 17.1 Å². The lowest BCUT2D eigenvalue weighted by Gasteiger charge is -2.09. The zero-order chi connectivity index (χ0) is 9.84. The van der Waals surface area contributed by atoms with Gasteiger partial charge in [-0.25, -0.2) is 4.39 Å². The van der Waals surface area contributed by atoms with Crippen LogP contribution in [0.3, 0.4) is 0 Å². The fourth-order valence-electron chi connectivity index (χ4n) is 1.17. The van der Waals surface area contributed by atoms with Crippen molar-refractivity contribution in [1.82, 2.24) is 0 Å². The van der Waals surface area contributed by atoms with Crippen LogP contribution in [0.2, 0.25) is 0 Å². The van der Waals surface area contributed by atoms with Gasteiger partial charge in [-0.3, -0.25) is 0 Å². The van der Waals surface area contributed by atoms with Gasteiger partial charge in [0.2, 0.25) is 0 Å². The van der Waals surface area contributed by atoms with Crippen molar-refractivity contribution in [2.24, 2.45) is 0 Å². The normalized spacial score (nSPS) is 12.5. The number of halogens is 2. The third kappa shape index (κ3) is 2.62. The van der Waals surface area contributed by atoms with Crippen molar-refractivity contribution in [2.75, 3.05) is 0 Å². The van der Waals surface area contributed by atoms with Gasteiger partial charge in [0.1, 0.15) is 12.1 Å². The average Bonchev–Trinajstić information content (AvgIpc) is 2.04. The summed E-state index contributed by atoms with van der Waals surface area (Å²) in [5.41, 5.74) is 0.593. The van der Waals surface area contributed by atoms with E-state index in [0.29, 0.717) is 16.5 Å². The molecule has 1 atom stereocenters. The van der Waals surface area contributed by atoms with Crippen molar-refractivity contribution in [3.63, 3.8) is 0 Å². The Balaban J connectivity index is 2.94. The fraction of sp³-hybridized carbons (Fsp3) is 0.300. The second-order valence-electron chi connectivity index (χ2n) is 2.97. The number of rotatable bonds is 3. The standard InChI is InChI=1S/C10H10BrFO/c1-7(4-5-13)9-3-2-8(11)6-10(9)12/h2-3,5-7H,4H2,1H3. The molecule has 1 nitrogen and oxygen atoms in total. The van der Waals surface area contributed by atoms with Crippen LogP contribution in [0, 0.1) is 5.82 Å². The molecule has 1 unspecified atom stereocenters. The third-order valence-electron chi connectivity index (χ3n) is 1.94. The molecule has 0 saturated carbocycles. The zero-order valence-electron chi connectivity index (χ0n) is 7.26. The number of hydrogen-bond acceptors (Lipinski definition) is 1. The van der Waals surface area contributed by atoms with Gasteiger partial charge < -0.3 is 4.79 Å². The van der Waals surface area contributed by atoms with E-state index >= 15 is 0 Å². The predicted molar refractivity (Wildman–Crippen MR) is 53.2 cm³/mol. The van der Waals surface area contributed by atoms with Gasteiger partial charge in [-0.2, -0.15) is 0 Å². The number of hydrogen-bond donors (Lipinski definition) is 0. The van der Waals surface area contributed by atoms with E-state index in [-0.39, 0.29) is 11.7 Å². The highest BCUT2D eigenvalue weighted by Gasteiger charge is 2.10. The van der Waals surface area contributed by atoms with Gasteiger partial charge in [-0.15, -0.1) is 0 Å². The molecule has 0 bridgehead atoms. The van der Waals surface area contributed by atoms with Gasteiger partial charge in [-0.05, 0) is 23.6 Å². The summed E-state index contributed by atoms with van der Waals surface area (Å²) in [5.74, 6) is -0.311. The molecule has 3 heteroatoms. The minimum Gasteiger partial charge on any atom is -0.303 e. The first-order chi connectivity index (χ1) is 6.15. The van der Waals surface area contributed by atoms with Crippen LogP contribution in [0.1, 0.15) is 24.8 Å². The van der Waals surface area contributed by atoms with Gasteiger partial charge in [-0.1, -0.05) is 28.9 Å². The molecule has 0 saturated heterocycles. The highest BCUT2D eigenvalue weighted by Crippen LogP contribution is 2.23.